The molecule has 0 aliphatic heterocycles. The van der Waals surface area contributed by atoms with E-state index in [-0.39, 0.29) is 6.61 Å². The van der Waals surface area contributed by atoms with Gasteiger partial charge in [0.1, 0.15) is 0 Å². The Hall–Kier alpha value is 1.24. The maximum Gasteiger partial charge on any atom is 0.243 e. The maximum absolute atomic E-state index is 12.7. The fourth-order valence-corrected chi connectivity index (χ4v) is 13.1. The molecule has 124 valence electrons. The molecule has 0 amide bonds. The van der Waals surface area contributed by atoms with E-state index in [4.69, 9.17) is 5.11 Å². The van der Waals surface area contributed by atoms with Gasteiger partial charge in [0.2, 0.25) is 4.75 Å². The van der Waals surface area contributed by atoms with Crippen LogP contribution >= 0.6 is 38.9 Å². The van der Waals surface area contributed by atoms with Crippen molar-refractivity contribution in [2.45, 2.75) is 66.2 Å². The molecule has 0 heterocycles. The largest absolute Gasteiger partial charge is 0.397 e. The van der Waals surface area contributed by atoms with E-state index >= 15 is 0 Å². The van der Waals surface area contributed by atoms with Crippen molar-refractivity contribution in [1.29, 1.82) is 0 Å². The Kier molecular flexibility index (Phi) is 21.5. The number of aliphatic hydroxyl groups is 1. The lowest BCUT2D eigenvalue weighted by atomic mass is 10.4. The third-order valence-electron chi connectivity index (χ3n) is 2.24. The molecular weight excluding hydrogens is 327 g/mol. The van der Waals surface area contributed by atoms with Gasteiger partial charge in [-0.3, -0.25) is 4.57 Å². The van der Waals surface area contributed by atoms with Gasteiger partial charge in [-0.25, -0.2) is 0 Å². The molecule has 0 aromatic carbocycles. The Morgan fingerprint density at radius 1 is 0.750 bits per heavy atom. The van der Waals surface area contributed by atoms with E-state index in [2.05, 4.69) is 20.8 Å². The van der Waals surface area contributed by atoms with Crippen LogP contribution < -0.4 is 0 Å². The molecule has 0 aliphatic rings. The van der Waals surface area contributed by atoms with Crippen molar-refractivity contribution in [3.8, 4) is 0 Å². The molecule has 0 saturated heterocycles. The van der Waals surface area contributed by atoms with Crippen LogP contribution in [-0.4, -0.2) is 29.0 Å². The van der Waals surface area contributed by atoms with E-state index in [9.17, 15) is 4.57 Å². The average molecular weight is 361 g/mol. The van der Waals surface area contributed by atoms with Gasteiger partial charge < -0.3 is 5.11 Å². The second-order valence-corrected chi connectivity index (χ2v) is 16.2. The zero-order chi connectivity index (χ0) is 15.7. The zero-order valence-corrected chi connectivity index (χ0v) is 16.9. The van der Waals surface area contributed by atoms with Gasteiger partial charge >= 0.3 is 0 Å². The number of aliphatic hydroxyl groups excluding tert-OH is 1. The predicted octanol–water partition coefficient (Wildman–Crippen LogP) is 6.69. The zero-order valence-electron chi connectivity index (χ0n) is 13.6. The van der Waals surface area contributed by atoms with E-state index in [1.807, 2.05) is 0 Å². The summed E-state index contributed by atoms with van der Waals surface area (Å²) in [7, 11) is 0. The molecule has 2 nitrogen and oxygen atoms in total. The topological polar surface area (TPSA) is 37.3 Å². The van der Waals surface area contributed by atoms with Gasteiger partial charge in [0.05, 0.1) is 0 Å². The fraction of sp³-hybridized carbons (Fsp3) is 1.00. The standard InChI is InChI=1S/C12H27OPS3.C2H6O/c1-4-7-10-15-14(13,16-11-8-5-2)17-12-9-6-3;1-2-3/h4-12H2,1-3H3;3H,2H2,1H3. The van der Waals surface area contributed by atoms with Crippen LogP contribution in [0.2, 0.25) is 0 Å². The van der Waals surface area contributed by atoms with Gasteiger partial charge in [-0.1, -0.05) is 74.2 Å². The first-order chi connectivity index (χ1) is 9.60. The van der Waals surface area contributed by atoms with Crippen molar-refractivity contribution in [3.05, 3.63) is 0 Å². The molecule has 20 heavy (non-hydrogen) atoms. The summed E-state index contributed by atoms with van der Waals surface area (Å²) >= 11 is 5.19. The normalized spacial score (nSPS) is 11.1. The molecule has 0 radical (unpaired) electrons. The SMILES string of the molecule is CCCCSP(=O)(SCCCC)SCCCC.CCO. The van der Waals surface area contributed by atoms with Crippen LogP contribution in [0, 0.1) is 0 Å². The van der Waals surface area contributed by atoms with E-state index in [1.54, 1.807) is 41.1 Å². The summed E-state index contributed by atoms with van der Waals surface area (Å²) in [5, 5.41) is 7.57. The second-order valence-electron chi connectivity index (χ2n) is 4.32. The third-order valence-corrected chi connectivity index (χ3v) is 14.8. The van der Waals surface area contributed by atoms with Crippen LogP contribution in [0.15, 0.2) is 0 Å². The number of hydrogen-bond acceptors (Lipinski definition) is 5. The predicted molar refractivity (Wildman–Crippen MR) is 102 cm³/mol. The van der Waals surface area contributed by atoms with E-state index in [0.717, 1.165) is 17.3 Å². The van der Waals surface area contributed by atoms with Gasteiger partial charge in [0.15, 0.2) is 0 Å². The van der Waals surface area contributed by atoms with Gasteiger partial charge in [-0.05, 0) is 26.2 Å². The molecule has 0 aromatic rings. The number of hydrogen-bond donors (Lipinski definition) is 1. The van der Waals surface area contributed by atoms with Crippen LogP contribution in [-0.2, 0) is 4.57 Å². The Morgan fingerprint density at radius 2 is 1.00 bits per heavy atom. The van der Waals surface area contributed by atoms with Crippen molar-refractivity contribution in [2.75, 3.05) is 23.9 Å². The van der Waals surface area contributed by atoms with Crippen LogP contribution in [0.25, 0.3) is 0 Å². The molecule has 0 spiro atoms. The highest BCUT2D eigenvalue weighted by molar-refractivity contribution is 9.14. The van der Waals surface area contributed by atoms with Gasteiger partial charge in [0.25, 0.3) is 0 Å². The summed E-state index contributed by atoms with van der Waals surface area (Å²) in [6, 6.07) is 0. The Balaban J connectivity index is 0. The lowest BCUT2D eigenvalue weighted by Crippen LogP contribution is -1.82. The number of rotatable bonds is 12. The van der Waals surface area contributed by atoms with Crippen LogP contribution in [0.1, 0.15) is 66.2 Å². The minimum Gasteiger partial charge on any atom is -0.397 e. The molecule has 0 fully saturated rings. The first-order valence-corrected chi connectivity index (χ1v) is 14.2. The molecule has 1 N–H and O–H groups in total. The van der Waals surface area contributed by atoms with Crippen molar-refractivity contribution >= 4 is 38.9 Å². The van der Waals surface area contributed by atoms with Gasteiger partial charge in [0, 0.05) is 23.9 Å². The fourth-order valence-electron chi connectivity index (χ4n) is 1.07. The minimum atomic E-state index is -2.06. The van der Waals surface area contributed by atoms with E-state index in [0.29, 0.717) is 0 Å². The smallest absolute Gasteiger partial charge is 0.243 e. The summed E-state index contributed by atoms with van der Waals surface area (Å²) in [6.07, 6.45) is 7.18. The van der Waals surface area contributed by atoms with Gasteiger partial charge in [-0.2, -0.15) is 0 Å². The highest BCUT2D eigenvalue weighted by Gasteiger charge is 2.23. The Morgan fingerprint density at radius 3 is 1.20 bits per heavy atom. The summed E-state index contributed by atoms with van der Waals surface area (Å²) < 4.78 is 10.7. The lowest BCUT2D eigenvalue weighted by molar-refractivity contribution is 0.318. The molecule has 0 aliphatic carbocycles. The molecule has 0 atom stereocenters. The summed E-state index contributed by atoms with van der Waals surface area (Å²) in [4.78, 5) is 0. The first-order valence-electron chi connectivity index (χ1n) is 7.74. The van der Waals surface area contributed by atoms with Crippen molar-refractivity contribution < 1.29 is 9.67 Å². The Labute approximate surface area is 138 Å². The molecule has 0 saturated carbocycles. The average Bonchev–Trinajstić information content (AvgIpc) is 2.41. The monoisotopic (exact) mass is 360 g/mol. The Bertz CT molecular complexity index is 195. The summed E-state index contributed by atoms with van der Waals surface area (Å²) in [5.74, 6) is 3.18. The third kappa shape index (κ3) is 17.3. The molecule has 0 bridgehead atoms. The van der Waals surface area contributed by atoms with Crippen molar-refractivity contribution in [1.82, 2.24) is 0 Å². The summed E-state index contributed by atoms with van der Waals surface area (Å²) in [6.45, 7) is 8.51. The van der Waals surface area contributed by atoms with Gasteiger partial charge in [-0.15, -0.1) is 0 Å². The van der Waals surface area contributed by atoms with Crippen LogP contribution in [0.5, 0.6) is 0 Å². The lowest BCUT2D eigenvalue weighted by Gasteiger charge is -2.15. The highest BCUT2D eigenvalue weighted by Crippen LogP contribution is 2.78. The highest BCUT2D eigenvalue weighted by atomic mass is 33.4. The molecule has 0 unspecified atom stereocenters. The molecular formula is C14H33O2PS3. The minimum absolute atomic E-state index is 0.250. The molecule has 6 heteroatoms. The second kappa shape index (κ2) is 18.3. The van der Waals surface area contributed by atoms with E-state index in [1.165, 1.54) is 38.5 Å². The van der Waals surface area contributed by atoms with Crippen molar-refractivity contribution in [2.24, 2.45) is 0 Å². The summed E-state index contributed by atoms with van der Waals surface area (Å²) in [5.41, 5.74) is 0. The van der Waals surface area contributed by atoms with Crippen molar-refractivity contribution in [3.63, 3.8) is 0 Å². The van der Waals surface area contributed by atoms with Crippen LogP contribution in [0.4, 0.5) is 0 Å². The number of unbranched alkanes of at least 4 members (excludes halogenated alkanes) is 3. The molecule has 0 aromatic heterocycles. The molecule has 0 rings (SSSR count). The quantitative estimate of drug-likeness (QED) is 0.310. The van der Waals surface area contributed by atoms with E-state index < -0.39 is 4.75 Å². The van der Waals surface area contributed by atoms with Crippen LogP contribution in [0.3, 0.4) is 0 Å². The maximum atomic E-state index is 12.7. The first kappa shape index (κ1) is 23.5.